The van der Waals surface area contributed by atoms with E-state index >= 15 is 4.39 Å². The zero-order chi connectivity index (χ0) is 29.1. The van der Waals surface area contributed by atoms with Crippen LogP contribution < -0.4 is 15.4 Å². The maximum atomic E-state index is 15.6. The topological polar surface area (TPSA) is 129 Å². The second-order valence-electron chi connectivity index (χ2n) is 11.1. The van der Waals surface area contributed by atoms with Crippen LogP contribution >= 0.6 is 0 Å². The Morgan fingerprint density at radius 1 is 1.21 bits per heavy atom. The molecule has 4 atom stereocenters. The van der Waals surface area contributed by atoms with Crippen molar-refractivity contribution in [2.45, 2.75) is 56.8 Å². The number of aliphatic hydroxyl groups excluding tert-OH is 1. The Morgan fingerprint density at radius 2 is 2.05 bits per heavy atom. The van der Waals surface area contributed by atoms with Gasteiger partial charge in [-0.2, -0.15) is 5.10 Å². The molecule has 1 saturated carbocycles. The van der Waals surface area contributed by atoms with E-state index in [0.29, 0.717) is 34.1 Å². The number of hydrogen-bond acceptors (Lipinski definition) is 9. The highest BCUT2D eigenvalue weighted by atomic mass is 19.1. The first-order chi connectivity index (χ1) is 20.3. The van der Waals surface area contributed by atoms with Crippen LogP contribution in [0.4, 0.5) is 15.9 Å². The van der Waals surface area contributed by atoms with E-state index in [2.05, 4.69) is 40.0 Å². The van der Waals surface area contributed by atoms with Crippen LogP contribution in [0.5, 0.6) is 5.75 Å². The lowest BCUT2D eigenvalue weighted by Crippen LogP contribution is -2.32. The summed E-state index contributed by atoms with van der Waals surface area (Å²) >= 11 is 0. The summed E-state index contributed by atoms with van der Waals surface area (Å²) in [5.41, 5.74) is 10.9. The molecule has 11 nitrogen and oxygen atoms in total. The largest absolute Gasteiger partial charge is 0.491 e. The van der Waals surface area contributed by atoms with Crippen molar-refractivity contribution in [1.29, 1.82) is 0 Å². The van der Waals surface area contributed by atoms with Gasteiger partial charge < -0.3 is 29.8 Å². The highest BCUT2D eigenvalue weighted by Gasteiger charge is 2.46. The molecule has 4 aromatic heterocycles. The molecular formula is C30H33FN8O3. The molecular weight excluding hydrogens is 539 g/mol. The number of halogens is 1. The van der Waals surface area contributed by atoms with Crippen LogP contribution in [0.15, 0.2) is 49.1 Å². The third-order valence-electron chi connectivity index (χ3n) is 8.26. The Bertz CT molecular complexity index is 1780. The minimum absolute atomic E-state index is 0.0463. The summed E-state index contributed by atoms with van der Waals surface area (Å²) in [5.74, 6) is 0.818. The van der Waals surface area contributed by atoms with Crippen LogP contribution in [-0.4, -0.2) is 72.5 Å². The summed E-state index contributed by atoms with van der Waals surface area (Å²) in [7, 11) is 3.94. The first-order valence-corrected chi connectivity index (χ1v) is 14.2. The Labute approximate surface area is 241 Å². The molecule has 1 saturated heterocycles. The fraction of sp³-hybridized carbons (Fsp3) is 0.400. The Morgan fingerprint density at radius 3 is 2.79 bits per heavy atom. The predicted molar refractivity (Wildman–Crippen MR) is 157 cm³/mol. The smallest absolute Gasteiger partial charge is 0.173 e. The fourth-order valence-corrected chi connectivity index (χ4v) is 5.76. The fourth-order valence-electron chi connectivity index (χ4n) is 5.76. The molecule has 1 aliphatic heterocycles. The first-order valence-electron chi connectivity index (χ1n) is 14.2. The van der Waals surface area contributed by atoms with Crippen molar-refractivity contribution in [2.24, 2.45) is 7.05 Å². The normalized spacial score (nSPS) is 22.3. The predicted octanol–water partition coefficient (Wildman–Crippen LogP) is 3.80. The van der Waals surface area contributed by atoms with E-state index in [4.69, 9.17) is 20.2 Å². The van der Waals surface area contributed by atoms with Crippen molar-refractivity contribution in [3.8, 4) is 17.0 Å². The Balaban J connectivity index is 1.14. The van der Waals surface area contributed by atoms with E-state index in [1.165, 1.54) is 19.2 Å². The van der Waals surface area contributed by atoms with E-state index in [0.717, 1.165) is 28.7 Å². The SMILES string of the molecule is CCc1cc(N(C)C2CC2)c2ccc(OC[C@H]3O[C@@H](n4cc(-c5ccn(C)n5)c5c(N)ncnc54)[C@@H](F)[C@@H]3O)cc2n1. The molecule has 7 rings (SSSR count). The maximum absolute atomic E-state index is 15.6. The monoisotopic (exact) mass is 572 g/mol. The summed E-state index contributed by atoms with van der Waals surface area (Å²) in [6.07, 6.45) is 2.85. The molecule has 0 unspecified atom stereocenters. The van der Waals surface area contributed by atoms with Gasteiger partial charge in [-0.1, -0.05) is 6.92 Å². The number of benzene rings is 1. The Hall–Kier alpha value is -4.29. The average molecular weight is 573 g/mol. The minimum atomic E-state index is -1.73. The molecule has 3 N–H and O–H groups in total. The van der Waals surface area contributed by atoms with Crippen molar-refractivity contribution in [3.63, 3.8) is 0 Å². The highest BCUT2D eigenvalue weighted by Crippen LogP contribution is 2.40. The standard InChI is InChI=1S/C30H33FN8O3/c1-4-16-11-23(38(3)17-5-6-17)19-8-7-18(12-22(19)35-16)41-14-24-27(40)26(31)30(42-24)39-13-20(21-9-10-37(2)36-21)25-28(32)33-15-34-29(25)39/h7-13,15,17,24,26-27,30,40H,4-6,14H2,1-3H3,(H2,32,33,34)/t24-,26+,27-,30-/m1/s1. The van der Waals surface area contributed by atoms with Crippen LogP contribution in [0.1, 0.15) is 31.7 Å². The van der Waals surface area contributed by atoms with E-state index in [9.17, 15) is 5.11 Å². The van der Waals surface area contributed by atoms with Gasteiger partial charge in [0.05, 0.1) is 16.6 Å². The molecule has 0 amide bonds. The lowest BCUT2D eigenvalue weighted by Gasteiger charge is -2.22. The van der Waals surface area contributed by atoms with Gasteiger partial charge >= 0.3 is 0 Å². The average Bonchev–Trinajstić information content (AvgIpc) is 3.55. The molecule has 2 fully saturated rings. The number of fused-ring (bicyclic) bond motifs is 2. The van der Waals surface area contributed by atoms with Crippen molar-refractivity contribution in [2.75, 3.05) is 24.3 Å². The van der Waals surface area contributed by atoms with E-state index in [1.807, 2.05) is 24.3 Å². The van der Waals surface area contributed by atoms with Gasteiger partial charge in [0.15, 0.2) is 12.4 Å². The molecule has 218 valence electrons. The number of hydrogen-bond donors (Lipinski definition) is 2. The molecule has 2 aliphatic rings. The van der Waals surface area contributed by atoms with Gasteiger partial charge in [-0.3, -0.25) is 9.67 Å². The number of nitrogens with two attached hydrogens (primary N) is 1. The first kappa shape index (κ1) is 26.6. The molecule has 1 aliphatic carbocycles. The van der Waals surface area contributed by atoms with Crippen molar-refractivity contribution >= 4 is 33.4 Å². The number of nitrogens with zero attached hydrogens (tertiary/aromatic N) is 7. The third kappa shape index (κ3) is 4.51. The molecule has 0 bridgehead atoms. The minimum Gasteiger partial charge on any atom is -0.491 e. The molecule has 0 spiro atoms. The maximum Gasteiger partial charge on any atom is 0.173 e. The van der Waals surface area contributed by atoms with Crippen LogP contribution in [-0.2, 0) is 18.2 Å². The molecule has 0 radical (unpaired) electrons. The number of pyridine rings is 1. The summed E-state index contributed by atoms with van der Waals surface area (Å²) in [5, 5.41) is 16.9. The zero-order valence-electron chi connectivity index (χ0n) is 23.7. The lowest BCUT2D eigenvalue weighted by atomic mass is 10.1. The third-order valence-corrected chi connectivity index (χ3v) is 8.26. The zero-order valence-corrected chi connectivity index (χ0v) is 23.7. The summed E-state index contributed by atoms with van der Waals surface area (Å²) in [4.78, 5) is 15.6. The van der Waals surface area contributed by atoms with Crippen molar-refractivity contribution in [1.82, 2.24) is 29.3 Å². The second kappa shape index (κ2) is 10.2. The van der Waals surface area contributed by atoms with Gasteiger partial charge in [-0.15, -0.1) is 0 Å². The Kier molecular flexibility index (Phi) is 6.47. The molecule has 12 heteroatoms. The number of aryl methyl sites for hydroxylation is 2. The lowest BCUT2D eigenvalue weighted by molar-refractivity contribution is -0.0410. The van der Waals surface area contributed by atoms with Gasteiger partial charge in [-0.25, -0.2) is 14.4 Å². The van der Waals surface area contributed by atoms with Gasteiger partial charge in [0, 0.05) is 60.9 Å². The summed E-state index contributed by atoms with van der Waals surface area (Å²) < 4.78 is 30.9. The van der Waals surface area contributed by atoms with E-state index in [-0.39, 0.29) is 12.4 Å². The van der Waals surface area contributed by atoms with Gasteiger partial charge in [0.1, 0.15) is 42.4 Å². The second-order valence-corrected chi connectivity index (χ2v) is 11.1. The number of rotatable bonds is 8. The van der Waals surface area contributed by atoms with E-state index < -0.39 is 24.6 Å². The summed E-state index contributed by atoms with van der Waals surface area (Å²) in [6, 6.07) is 10.3. The number of aromatic nitrogens is 6. The van der Waals surface area contributed by atoms with E-state index in [1.54, 1.807) is 28.7 Å². The van der Waals surface area contributed by atoms with Crippen molar-refractivity contribution < 1.29 is 19.0 Å². The number of anilines is 2. The van der Waals surface area contributed by atoms with Gasteiger partial charge in [-0.05, 0) is 43.5 Å². The van der Waals surface area contributed by atoms with Crippen LogP contribution in [0.2, 0.25) is 0 Å². The number of nitrogen functional groups attached to an aromatic ring is 1. The number of aliphatic hydroxyl groups is 1. The van der Waals surface area contributed by atoms with Crippen molar-refractivity contribution in [3.05, 3.63) is 54.7 Å². The molecule has 5 heterocycles. The van der Waals surface area contributed by atoms with Crippen LogP contribution in [0.3, 0.4) is 0 Å². The molecule has 42 heavy (non-hydrogen) atoms. The number of ether oxygens (including phenoxy) is 2. The van der Waals surface area contributed by atoms with Gasteiger partial charge in [0.25, 0.3) is 0 Å². The number of alkyl halides is 1. The van der Waals surface area contributed by atoms with Gasteiger partial charge in [0.2, 0.25) is 0 Å². The molecule has 1 aromatic carbocycles. The quantitative estimate of drug-likeness (QED) is 0.285. The highest BCUT2D eigenvalue weighted by molar-refractivity contribution is 6.00. The summed E-state index contributed by atoms with van der Waals surface area (Å²) in [6.45, 7) is 2.04. The van der Waals surface area contributed by atoms with Crippen LogP contribution in [0, 0.1) is 0 Å². The van der Waals surface area contributed by atoms with Crippen LogP contribution in [0.25, 0.3) is 33.2 Å². The molecule has 5 aromatic rings.